The first-order chi connectivity index (χ1) is 15.6. The number of hydrogen-bond donors (Lipinski definition) is 1. The van der Waals surface area contributed by atoms with E-state index in [1.807, 2.05) is 0 Å². The molecule has 0 spiro atoms. The number of fused-ring (bicyclic) bond motifs is 1. The highest BCUT2D eigenvalue weighted by Gasteiger charge is 2.35. The van der Waals surface area contributed by atoms with E-state index in [0.717, 1.165) is 30.8 Å². The van der Waals surface area contributed by atoms with E-state index in [1.165, 1.54) is 12.1 Å². The van der Waals surface area contributed by atoms with E-state index in [9.17, 15) is 9.18 Å². The first-order valence-electron chi connectivity index (χ1n) is 10.5. The lowest BCUT2D eigenvalue weighted by Gasteiger charge is -2.43. The lowest BCUT2D eigenvalue weighted by molar-refractivity contribution is -0.129. The number of carbonyl (C=O) groups is 1. The van der Waals surface area contributed by atoms with E-state index in [4.69, 9.17) is 9.26 Å². The van der Waals surface area contributed by atoms with Crippen LogP contribution in [-0.4, -0.2) is 64.7 Å². The minimum Gasteiger partial charge on any atom is -0.471 e. The number of ether oxygens (including phenoxy) is 1. The van der Waals surface area contributed by atoms with Crippen LogP contribution in [0, 0.1) is 12.7 Å². The molecular weight excluding hydrogens is 415 g/mol. The molecule has 32 heavy (non-hydrogen) atoms. The predicted octanol–water partition coefficient (Wildman–Crippen LogP) is 1.78. The molecule has 1 atom stereocenters. The first kappa shape index (κ1) is 20.4. The van der Waals surface area contributed by atoms with Crippen molar-refractivity contribution in [2.75, 3.05) is 37.6 Å². The number of carbonyl (C=O) groups excluding carboxylic acids is 1. The molecular formula is C22H23FN6O3. The van der Waals surface area contributed by atoms with Crippen molar-refractivity contribution in [3.63, 3.8) is 0 Å². The molecule has 10 heteroatoms. The van der Waals surface area contributed by atoms with Crippen molar-refractivity contribution in [1.29, 1.82) is 0 Å². The molecule has 0 radical (unpaired) electrons. The van der Waals surface area contributed by atoms with Crippen molar-refractivity contribution < 1.29 is 18.4 Å². The van der Waals surface area contributed by atoms with Crippen LogP contribution in [0.3, 0.4) is 0 Å². The molecule has 1 amide bonds. The minimum atomic E-state index is -0.312. The van der Waals surface area contributed by atoms with Crippen molar-refractivity contribution >= 4 is 11.7 Å². The zero-order valence-corrected chi connectivity index (χ0v) is 17.6. The van der Waals surface area contributed by atoms with Gasteiger partial charge in [0.05, 0.1) is 18.0 Å². The second kappa shape index (κ2) is 8.54. The highest BCUT2D eigenvalue weighted by Crippen LogP contribution is 2.27. The van der Waals surface area contributed by atoms with E-state index in [0.29, 0.717) is 36.2 Å². The number of piperazine rings is 2. The monoisotopic (exact) mass is 438 g/mol. The van der Waals surface area contributed by atoms with Crippen LogP contribution in [0.2, 0.25) is 0 Å². The highest BCUT2D eigenvalue weighted by atomic mass is 19.1. The molecule has 2 aromatic heterocycles. The lowest BCUT2D eigenvalue weighted by atomic mass is 10.1. The number of nitrogens with zero attached hydrogens (tertiary/aromatic N) is 5. The van der Waals surface area contributed by atoms with Crippen LogP contribution in [-0.2, 0) is 11.4 Å². The van der Waals surface area contributed by atoms with Gasteiger partial charge in [-0.3, -0.25) is 9.69 Å². The summed E-state index contributed by atoms with van der Waals surface area (Å²) < 4.78 is 24.4. The Labute approximate surface area is 184 Å². The average Bonchev–Trinajstić information content (AvgIpc) is 3.19. The minimum absolute atomic E-state index is 0.0647. The number of nitrogens with one attached hydrogen (secondary N) is 1. The molecule has 3 aromatic rings. The fraction of sp³-hybridized carbons (Fsp3) is 0.364. The number of benzene rings is 1. The Morgan fingerprint density at radius 1 is 1.19 bits per heavy atom. The van der Waals surface area contributed by atoms with Crippen molar-refractivity contribution in [3.05, 3.63) is 53.8 Å². The number of anilines is 1. The van der Waals surface area contributed by atoms with E-state index < -0.39 is 0 Å². The van der Waals surface area contributed by atoms with Gasteiger partial charge < -0.3 is 19.5 Å². The fourth-order valence-corrected chi connectivity index (χ4v) is 4.07. The number of rotatable bonds is 5. The molecule has 1 N–H and O–H groups in total. The van der Waals surface area contributed by atoms with Gasteiger partial charge in [-0.15, -0.1) is 0 Å². The van der Waals surface area contributed by atoms with Gasteiger partial charge in [0.15, 0.2) is 0 Å². The molecule has 2 aliphatic heterocycles. The molecule has 1 aromatic carbocycles. The lowest BCUT2D eigenvalue weighted by Crippen LogP contribution is -2.64. The van der Waals surface area contributed by atoms with Gasteiger partial charge >= 0.3 is 0 Å². The molecule has 5 rings (SSSR count). The largest absolute Gasteiger partial charge is 0.471 e. The third kappa shape index (κ3) is 4.01. The standard InChI is InChI=1S/C22H23FN6O3/c1-14-17(21(27-32-14)15-2-4-16(23)5-3-15)13-31-20-11-25-19(10-26-20)29-9-8-28-7-6-24-22(30)18(28)12-29/h2-5,10-11,18H,6-9,12-13H2,1H3,(H,24,30)/t18-/m0/s1. The van der Waals surface area contributed by atoms with Gasteiger partial charge in [-0.1, -0.05) is 5.16 Å². The van der Waals surface area contributed by atoms with Gasteiger partial charge in [0.1, 0.15) is 35.7 Å². The van der Waals surface area contributed by atoms with Crippen molar-refractivity contribution in [1.82, 2.24) is 25.3 Å². The van der Waals surface area contributed by atoms with Crippen LogP contribution in [0.15, 0.2) is 41.2 Å². The number of aryl methyl sites for hydroxylation is 1. The molecule has 0 aliphatic carbocycles. The van der Waals surface area contributed by atoms with Crippen molar-refractivity contribution in [2.45, 2.75) is 19.6 Å². The summed E-state index contributed by atoms with van der Waals surface area (Å²) in [7, 11) is 0. The van der Waals surface area contributed by atoms with Gasteiger partial charge in [-0.2, -0.15) is 0 Å². The molecule has 166 valence electrons. The smallest absolute Gasteiger partial charge is 0.239 e. The molecule has 9 nitrogen and oxygen atoms in total. The Balaban J connectivity index is 1.25. The van der Waals surface area contributed by atoms with Crippen LogP contribution in [0.25, 0.3) is 11.3 Å². The summed E-state index contributed by atoms with van der Waals surface area (Å²) in [5, 5.41) is 7.01. The zero-order chi connectivity index (χ0) is 22.1. The Morgan fingerprint density at radius 3 is 2.81 bits per heavy atom. The maximum absolute atomic E-state index is 13.2. The predicted molar refractivity (Wildman–Crippen MR) is 114 cm³/mol. The number of aromatic nitrogens is 3. The fourth-order valence-electron chi connectivity index (χ4n) is 4.07. The summed E-state index contributed by atoms with van der Waals surface area (Å²) in [6.45, 7) is 5.77. The van der Waals surface area contributed by atoms with Crippen molar-refractivity contribution in [2.24, 2.45) is 0 Å². The maximum Gasteiger partial charge on any atom is 0.239 e. The molecule has 0 bridgehead atoms. The molecule has 2 fully saturated rings. The van der Waals surface area contributed by atoms with E-state index in [1.54, 1.807) is 31.5 Å². The molecule has 4 heterocycles. The van der Waals surface area contributed by atoms with Gasteiger partial charge in [-0.25, -0.2) is 14.4 Å². The summed E-state index contributed by atoms with van der Waals surface area (Å²) in [6.07, 6.45) is 3.23. The van der Waals surface area contributed by atoms with E-state index in [-0.39, 0.29) is 24.4 Å². The van der Waals surface area contributed by atoms with E-state index >= 15 is 0 Å². The summed E-state index contributed by atoms with van der Waals surface area (Å²) in [4.78, 5) is 25.3. The second-order valence-corrected chi connectivity index (χ2v) is 7.86. The first-order valence-corrected chi connectivity index (χ1v) is 10.5. The Bertz CT molecular complexity index is 1100. The number of halogens is 1. The maximum atomic E-state index is 13.2. The van der Waals surface area contributed by atoms with Crippen LogP contribution in [0.1, 0.15) is 11.3 Å². The van der Waals surface area contributed by atoms with Gasteiger partial charge in [0.25, 0.3) is 0 Å². The molecule has 0 saturated carbocycles. The molecule has 2 saturated heterocycles. The summed E-state index contributed by atoms with van der Waals surface area (Å²) in [5.41, 5.74) is 2.12. The van der Waals surface area contributed by atoms with Gasteiger partial charge in [-0.05, 0) is 31.2 Å². The van der Waals surface area contributed by atoms with Crippen LogP contribution >= 0.6 is 0 Å². The van der Waals surface area contributed by atoms with Crippen LogP contribution in [0.4, 0.5) is 10.2 Å². The average molecular weight is 438 g/mol. The third-order valence-corrected chi connectivity index (χ3v) is 5.90. The number of amides is 1. The topological polar surface area (TPSA) is 96.6 Å². The Hall–Kier alpha value is -3.53. The highest BCUT2D eigenvalue weighted by molar-refractivity contribution is 5.83. The Morgan fingerprint density at radius 2 is 2.03 bits per heavy atom. The Kier molecular flexibility index (Phi) is 5.44. The number of hydrogen-bond acceptors (Lipinski definition) is 8. The summed E-state index contributed by atoms with van der Waals surface area (Å²) >= 11 is 0. The van der Waals surface area contributed by atoms with Crippen LogP contribution < -0.4 is 15.0 Å². The third-order valence-electron chi connectivity index (χ3n) is 5.90. The van der Waals surface area contributed by atoms with Crippen LogP contribution in [0.5, 0.6) is 5.88 Å². The SMILES string of the molecule is Cc1onc(-c2ccc(F)cc2)c1COc1cnc(N2CCN3CCNC(=O)[C@@H]3C2)cn1. The second-order valence-electron chi connectivity index (χ2n) is 7.86. The summed E-state index contributed by atoms with van der Waals surface area (Å²) in [5.74, 6) is 1.46. The van der Waals surface area contributed by atoms with Crippen molar-refractivity contribution in [3.8, 4) is 17.1 Å². The quantitative estimate of drug-likeness (QED) is 0.644. The molecule has 2 aliphatic rings. The van der Waals surface area contributed by atoms with Gasteiger partial charge in [0.2, 0.25) is 11.8 Å². The molecule has 0 unspecified atom stereocenters. The normalized spacial score (nSPS) is 18.9. The zero-order valence-electron chi connectivity index (χ0n) is 17.6. The van der Waals surface area contributed by atoms with E-state index in [2.05, 4.69) is 30.2 Å². The summed E-state index contributed by atoms with van der Waals surface area (Å²) in [6, 6.07) is 5.90. The van der Waals surface area contributed by atoms with Gasteiger partial charge in [0, 0.05) is 38.3 Å².